The van der Waals surface area contributed by atoms with Crippen LogP contribution in [-0.4, -0.2) is 28.9 Å². The van der Waals surface area contributed by atoms with Gasteiger partial charge in [0.15, 0.2) is 0 Å². The molecule has 31 heavy (non-hydrogen) atoms. The predicted molar refractivity (Wildman–Crippen MR) is 121 cm³/mol. The van der Waals surface area contributed by atoms with Crippen molar-refractivity contribution in [3.8, 4) is 0 Å². The minimum Gasteiger partial charge on any atom is -0.481 e. The summed E-state index contributed by atoms with van der Waals surface area (Å²) in [4.78, 5) is 39.1. The minimum absolute atomic E-state index is 0.0945. The molecule has 3 aliphatic carbocycles. The standard InChI is InChI=1S/C24H34N2O4S/c1-24(2,3)13-8-11-17-18(12-13)31-22(19(17)21(28)25-14-9-10-14)26-20(27)15-6-4-5-7-16(15)23(29)30/h13-16H,4-12H2,1-3H3,(H,25,28)(H,26,27)(H,29,30)/t13-,15+,16-/m1/s1. The lowest BCUT2D eigenvalue weighted by Gasteiger charge is -2.33. The van der Waals surface area contributed by atoms with E-state index in [1.54, 1.807) is 0 Å². The molecule has 6 nitrogen and oxygen atoms in total. The number of anilines is 1. The van der Waals surface area contributed by atoms with E-state index in [1.165, 1.54) is 16.2 Å². The van der Waals surface area contributed by atoms with Crippen molar-refractivity contribution in [2.45, 2.75) is 84.6 Å². The van der Waals surface area contributed by atoms with Crippen LogP contribution in [0.25, 0.3) is 0 Å². The lowest BCUT2D eigenvalue weighted by atomic mass is 9.72. The molecule has 0 spiro atoms. The van der Waals surface area contributed by atoms with Gasteiger partial charge < -0.3 is 15.7 Å². The number of amides is 2. The van der Waals surface area contributed by atoms with E-state index in [-0.39, 0.29) is 23.3 Å². The normalized spacial score (nSPS) is 26.1. The van der Waals surface area contributed by atoms with Gasteiger partial charge in [-0.15, -0.1) is 11.3 Å². The van der Waals surface area contributed by atoms with E-state index in [9.17, 15) is 19.5 Å². The molecule has 1 heterocycles. The highest BCUT2D eigenvalue weighted by molar-refractivity contribution is 7.17. The molecular formula is C24H34N2O4S. The summed E-state index contributed by atoms with van der Waals surface area (Å²) in [6, 6.07) is 0.243. The number of nitrogens with one attached hydrogen (secondary N) is 2. The smallest absolute Gasteiger partial charge is 0.307 e. The highest BCUT2D eigenvalue weighted by Crippen LogP contribution is 2.45. The molecule has 2 fully saturated rings. The Balaban J connectivity index is 1.61. The van der Waals surface area contributed by atoms with Gasteiger partial charge in [-0.05, 0) is 61.8 Å². The first-order valence-corrected chi connectivity index (χ1v) is 12.5. The molecule has 170 valence electrons. The van der Waals surface area contributed by atoms with Crippen LogP contribution in [0.5, 0.6) is 0 Å². The fourth-order valence-corrected chi connectivity index (χ4v) is 6.41. The molecule has 3 aliphatic rings. The van der Waals surface area contributed by atoms with Crippen LogP contribution in [0.1, 0.15) is 86.5 Å². The summed E-state index contributed by atoms with van der Waals surface area (Å²) in [5.41, 5.74) is 1.89. The monoisotopic (exact) mass is 446 g/mol. The van der Waals surface area contributed by atoms with Crippen molar-refractivity contribution in [3.63, 3.8) is 0 Å². The minimum atomic E-state index is -0.898. The molecule has 0 aliphatic heterocycles. The van der Waals surface area contributed by atoms with Crippen LogP contribution in [0.15, 0.2) is 0 Å². The average Bonchev–Trinajstić information content (AvgIpc) is 3.44. The second-order valence-corrected chi connectivity index (χ2v) is 11.7. The Morgan fingerprint density at radius 2 is 1.68 bits per heavy atom. The molecule has 0 saturated heterocycles. The Bertz CT molecular complexity index is 881. The molecule has 2 saturated carbocycles. The van der Waals surface area contributed by atoms with Gasteiger partial charge in [0.25, 0.3) is 5.91 Å². The zero-order chi connectivity index (χ0) is 22.3. The molecule has 0 aromatic carbocycles. The van der Waals surface area contributed by atoms with E-state index in [2.05, 4.69) is 31.4 Å². The van der Waals surface area contributed by atoms with Crippen LogP contribution >= 0.6 is 11.3 Å². The van der Waals surface area contributed by atoms with E-state index in [0.717, 1.165) is 50.5 Å². The van der Waals surface area contributed by atoms with Gasteiger partial charge in [-0.25, -0.2) is 0 Å². The Labute approximate surface area is 188 Å². The maximum Gasteiger partial charge on any atom is 0.307 e. The van der Waals surface area contributed by atoms with Crippen molar-refractivity contribution in [3.05, 3.63) is 16.0 Å². The van der Waals surface area contributed by atoms with Crippen molar-refractivity contribution < 1.29 is 19.5 Å². The Morgan fingerprint density at radius 1 is 1.00 bits per heavy atom. The number of carboxylic acids is 1. The summed E-state index contributed by atoms with van der Waals surface area (Å²) in [5.74, 6) is -1.88. The number of rotatable bonds is 5. The Kier molecular flexibility index (Phi) is 6.16. The van der Waals surface area contributed by atoms with E-state index in [1.807, 2.05) is 0 Å². The number of aliphatic carboxylic acids is 1. The van der Waals surface area contributed by atoms with Gasteiger partial charge in [0.1, 0.15) is 5.00 Å². The molecule has 3 N–H and O–H groups in total. The summed E-state index contributed by atoms with van der Waals surface area (Å²) >= 11 is 1.52. The van der Waals surface area contributed by atoms with Gasteiger partial charge in [-0.3, -0.25) is 14.4 Å². The van der Waals surface area contributed by atoms with E-state index < -0.39 is 17.8 Å². The molecule has 0 unspecified atom stereocenters. The number of hydrogen-bond donors (Lipinski definition) is 3. The predicted octanol–water partition coefficient (Wildman–Crippen LogP) is 4.62. The third kappa shape index (κ3) is 4.81. The second-order valence-electron chi connectivity index (χ2n) is 10.6. The summed E-state index contributed by atoms with van der Waals surface area (Å²) in [7, 11) is 0. The van der Waals surface area contributed by atoms with Crippen LogP contribution in [0.3, 0.4) is 0 Å². The second kappa shape index (κ2) is 8.57. The topological polar surface area (TPSA) is 95.5 Å². The van der Waals surface area contributed by atoms with Crippen LogP contribution in [0.4, 0.5) is 5.00 Å². The largest absolute Gasteiger partial charge is 0.481 e. The maximum absolute atomic E-state index is 13.1. The molecular weight excluding hydrogens is 412 g/mol. The number of hydrogen-bond acceptors (Lipinski definition) is 4. The first-order chi connectivity index (χ1) is 14.6. The molecule has 1 aromatic heterocycles. The first kappa shape index (κ1) is 22.3. The zero-order valence-corrected chi connectivity index (χ0v) is 19.6. The van der Waals surface area contributed by atoms with Crippen LogP contribution in [0, 0.1) is 23.2 Å². The Morgan fingerprint density at radius 3 is 2.29 bits per heavy atom. The summed E-state index contributed by atoms with van der Waals surface area (Å²) in [5, 5.41) is 16.3. The molecule has 0 radical (unpaired) electrons. The van der Waals surface area contributed by atoms with E-state index in [0.29, 0.717) is 29.3 Å². The van der Waals surface area contributed by atoms with Crippen molar-refractivity contribution in [1.29, 1.82) is 0 Å². The van der Waals surface area contributed by atoms with E-state index in [4.69, 9.17) is 0 Å². The summed E-state index contributed by atoms with van der Waals surface area (Å²) in [6.07, 6.45) is 7.65. The number of carboxylic acid groups (broad SMARTS) is 1. The SMILES string of the molecule is CC(C)(C)[C@@H]1CCc2c(sc(NC(=O)[C@H]3CCCC[C@H]3C(=O)O)c2C(=O)NC2CC2)C1. The van der Waals surface area contributed by atoms with Crippen molar-refractivity contribution >= 4 is 34.1 Å². The molecule has 0 bridgehead atoms. The van der Waals surface area contributed by atoms with Gasteiger partial charge in [0.2, 0.25) is 5.91 Å². The van der Waals surface area contributed by atoms with E-state index >= 15 is 0 Å². The third-order valence-electron chi connectivity index (χ3n) is 7.29. The zero-order valence-electron chi connectivity index (χ0n) is 18.8. The molecule has 7 heteroatoms. The van der Waals surface area contributed by atoms with Crippen molar-refractivity contribution in [1.82, 2.24) is 5.32 Å². The highest BCUT2D eigenvalue weighted by atomic mass is 32.1. The number of carbonyl (C=O) groups excluding carboxylic acids is 2. The summed E-state index contributed by atoms with van der Waals surface area (Å²) < 4.78 is 0. The lowest BCUT2D eigenvalue weighted by Crippen LogP contribution is -2.36. The quantitative estimate of drug-likeness (QED) is 0.615. The van der Waals surface area contributed by atoms with Gasteiger partial charge >= 0.3 is 5.97 Å². The lowest BCUT2D eigenvalue weighted by molar-refractivity contribution is -0.147. The Hall–Kier alpha value is -1.89. The molecule has 2 amide bonds. The fourth-order valence-electron chi connectivity index (χ4n) is 5.08. The van der Waals surface area contributed by atoms with Crippen LogP contribution in [-0.2, 0) is 22.4 Å². The average molecular weight is 447 g/mol. The van der Waals surface area contributed by atoms with Gasteiger partial charge in [-0.1, -0.05) is 33.6 Å². The first-order valence-electron chi connectivity index (χ1n) is 11.6. The highest BCUT2D eigenvalue weighted by Gasteiger charge is 2.38. The summed E-state index contributed by atoms with van der Waals surface area (Å²) in [6.45, 7) is 6.78. The maximum atomic E-state index is 13.1. The third-order valence-corrected chi connectivity index (χ3v) is 8.46. The van der Waals surface area contributed by atoms with Crippen LogP contribution < -0.4 is 10.6 Å². The van der Waals surface area contributed by atoms with Gasteiger partial charge in [0, 0.05) is 10.9 Å². The van der Waals surface area contributed by atoms with Gasteiger partial charge in [-0.2, -0.15) is 0 Å². The van der Waals surface area contributed by atoms with Crippen molar-refractivity contribution in [2.24, 2.45) is 23.2 Å². The molecule has 3 atom stereocenters. The van der Waals surface area contributed by atoms with Gasteiger partial charge in [0.05, 0.1) is 17.4 Å². The molecule has 4 rings (SSSR count). The molecule has 1 aromatic rings. The van der Waals surface area contributed by atoms with Crippen LogP contribution in [0.2, 0.25) is 0 Å². The fraction of sp³-hybridized carbons (Fsp3) is 0.708. The number of carbonyl (C=O) groups is 3. The number of thiophene rings is 1. The number of fused-ring (bicyclic) bond motifs is 1. The van der Waals surface area contributed by atoms with Crippen molar-refractivity contribution in [2.75, 3.05) is 5.32 Å².